The molecule has 0 unspecified atom stereocenters. The van der Waals surface area contributed by atoms with Crippen LogP contribution in [-0.4, -0.2) is 5.91 Å². The van der Waals surface area contributed by atoms with Crippen molar-refractivity contribution < 1.29 is 9.18 Å². The van der Waals surface area contributed by atoms with Gasteiger partial charge in [0.1, 0.15) is 5.82 Å². The molecule has 0 radical (unpaired) electrons. The third-order valence-electron chi connectivity index (χ3n) is 3.74. The second-order valence-corrected chi connectivity index (χ2v) is 5.44. The van der Waals surface area contributed by atoms with Crippen LogP contribution in [0, 0.1) is 11.7 Å². The normalized spacial score (nSPS) is 18.0. The van der Waals surface area contributed by atoms with Crippen molar-refractivity contribution in [2.45, 2.75) is 45.1 Å². The molecule has 2 nitrogen and oxygen atoms in total. The van der Waals surface area contributed by atoms with Crippen LogP contribution < -0.4 is 5.32 Å². The third-order valence-corrected chi connectivity index (χ3v) is 3.74. The fraction of sp³-hybridized carbons (Fsp3) is 0.533. The molecule has 1 aromatic rings. The molecule has 18 heavy (non-hydrogen) atoms. The Morgan fingerprint density at radius 3 is 2.28 bits per heavy atom. The molecule has 0 bridgehead atoms. The summed E-state index contributed by atoms with van der Waals surface area (Å²) in [4.78, 5) is 12.0. The van der Waals surface area contributed by atoms with Crippen LogP contribution in [0.25, 0.3) is 0 Å². The minimum atomic E-state index is -0.283. The summed E-state index contributed by atoms with van der Waals surface area (Å²) < 4.78 is 13.0. The number of amides is 1. The van der Waals surface area contributed by atoms with Crippen LogP contribution in [0.1, 0.15) is 45.1 Å². The van der Waals surface area contributed by atoms with E-state index in [0.717, 1.165) is 31.2 Å². The summed E-state index contributed by atoms with van der Waals surface area (Å²) >= 11 is 0. The summed E-state index contributed by atoms with van der Waals surface area (Å²) in [5.41, 5.74) is 0.741. The van der Waals surface area contributed by atoms with Gasteiger partial charge in [-0.25, -0.2) is 4.39 Å². The van der Waals surface area contributed by atoms with E-state index in [1.165, 1.54) is 12.1 Å². The summed E-state index contributed by atoms with van der Waals surface area (Å²) in [7, 11) is 0. The molecule has 0 spiro atoms. The van der Waals surface area contributed by atoms with Crippen LogP contribution in [0.2, 0.25) is 0 Å². The molecule has 98 valence electrons. The Bertz CT molecular complexity index is 419. The minimum Gasteiger partial charge on any atom is -0.346 e. The van der Waals surface area contributed by atoms with Crippen LogP contribution in [0.5, 0.6) is 0 Å². The highest BCUT2D eigenvalue weighted by molar-refractivity contribution is 5.79. The Kier molecular flexibility index (Phi) is 3.69. The second-order valence-electron chi connectivity index (χ2n) is 5.44. The summed E-state index contributed by atoms with van der Waals surface area (Å²) in [6.45, 7) is 3.78. The monoisotopic (exact) mass is 249 g/mol. The molecule has 0 aromatic heterocycles. The Balaban J connectivity index is 2.26. The lowest BCUT2D eigenvalue weighted by Crippen LogP contribution is -2.45. The Morgan fingerprint density at radius 1 is 1.22 bits per heavy atom. The molecule has 3 heteroatoms. The zero-order valence-electron chi connectivity index (χ0n) is 11.0. The van der Waals surface area contributed by atoms with E-state index in [1.54, 1.807) is 12.1 Å². The first kappa shape index (κ1) is 13.1. The third kappa shape index (κ3) is 2.55. The highest BCUT2D eigenvalue weighted by atomic mass is 19.1. The zero-order chi connectivity index (χ0) is 13.2. The van der Waals surface area contributed by atoms with E-state index in [9.17, 15) is 9.18 Å². The molecule has 1 fully saturated rings. The van der Waals surface area contributed by atoms with Gasteiger partial charge < -0.3 is 5.32 Å². The summed E-state index contributed by atoms with van der Waals surface area (Å²) in [6, 6.07) is 6.52. The molecule has 1 amide bonds. The minimum absolute atomic E-state index is 0.0251. The van der Waals surface area contributed by atoms with Crippen molar-refractivity contribution in [1.29, 1.82) is 0 Å². The fourth-order valence-corrected chi connectivity index (χ4v) is 2.61. The first-order valence-corrected chi connectivity index (χ1v) is 6.61. The Hall–Kier alpha value is -1.38. The van der Waals surface area contributed by atoms with Crippen molar-refractivity contribution in [3.8, 4) is 0 Å². The number of hydrogen-bond acceptors (Lipinski definition) is 1. The van der Waals surface area contributed by atoms with Crippen molar-refractivity contribution >= 4 is 5.91 Å². The molecular formula is C15H20FNO. The number of nitrogens with one attached hydrogen (secondary N) is 1. The first-order chi connectivity index (χ1) is 8.53. The number of carbonyl (C=O) groups excluding carboxylic acids is 1. The van der Waals surface area contributed by atoms with E-state index in [4.69, 9.17) is 0 Å². The number of rotatable bonds is 3. The molecule has 1 N–H and O–H groups in total. The molecule has 0 aliphatic heterocycles. The number of hydrogen-bond donors (Lipinski definition) is 1. The van der Waals surface area contributed by atoms with Crippen LogP contribution in [0.15, 0.2) is 24.3 Å². The smallest absolute Gasteiger partial charge is 0.223 e. The van der Waals surface area contributed by atoms with Gasteiger partial charge in [-0.05, 0) is 30.5 Å². The van der Waals surface area contributed by atoms with E-state index < -0.39 is 0 Å². The van der Waals surface area contributed by atoms with Gasteiger partial charge >= 0.3 is 0 Å². The maximum Gasteiger partial charge on any atom is 0.223 e. The lowest BCUT2D eigenvalue weighted by atomic mass is 9.87. The van der Waals surface area contributed by atoms with Gasteiger partial charge in [0, 0.05) is 5.92 Å². The number of halogens is 1. The van der Waals surface area contributed by atoms with Crippen molar-refractivity contribution in [2.75, 3.05) is 0 Å². The van der Waals surface area contributed by atoms with Gasteiger partial charge in [-0.3, -0.25) is 4.79 Å². The van der Waals surface area contributed by atoms with Crippen LogP contribution in [0.3, 0.4) is 0 Å². The number of benzene rings is 1. The van der Waals surface area contributed by atoms with Gasteiger partial charge in [0.05, 0.1) is 5.54 Å². The summed E-state index contributed by atoms with van der Waals surface area (Å²) in [5.74, 6) is -0.189. The molecule has 0 heterocycles. The molecule has 1 saturated carbocycles. The van der Waals surface area contributed by atoms with E-state index >= 15 is 0 Å². The molecule has 1 aliphatic carbocycles. The molecule has 0 atom stereocenters. The van der Waals surface area contributed by atoms with E-state index in [1.807, 2.05) is 13.8 Å². The summed E-state index contributed by atoms with van der Waals surface area (Å²) in [6.07, 6.45) is 4.10. The predicted octanol–water partition coefficient (Wildman–Crippen LogP) is 3.37. The zero-order valence-corrected chi connectivity index (χ0v) is 11.0. The lowest BCUT2D eigenvalue weighted by molar-refractivity contribution is -0.126. The molecule has 0 saturated heterocycles. The van der Waals surface area contributed by atoms with Gasteiger partial charge in [0.15, 0.2) is 0 Å². The standard InChI is InChI=1S/C15H20FNO/c1-11(2)14(18)17-15(9-3-4-10-15)12-5-7-13(16)8-6-12/h5-8,11H,3-4,9-10H2,1-2H3,(H,17,18). The Morgan fingerprint density at radius 2 is 1.78 bits per heavy atom. The highest BCUT2D eigenvalue weighted by Gasteiger charge is 2.37. The van der Waals surface area contributed by atoms with Gasteiger partial charge in [-0.1, -0.05) is 38.8 Å². The topological polar surface area (TPSA) is 29.1 Å². The molecular weight excluding hydrogens is 229 g/mol. The van der Waals surface area contributed by atoms with Gasteiger partial charge in [0.25, 0.3) is 0 Å². The molecule has 2 rings (SSSR count). The van der Waals surface area contributed by atoms with Crippen LogP contribution >= 0.6 is 0 Å². The summed E-state index contributed by atoms with van der Waals surface area (Å²) in [5, 5.41) is 3.17. The van der Waals surface area contributed by atoms with Crippen LogP contribution in [-0.2, 0) is 10.3 Å². The van der Waals surface area contributed by atoms with E-state index in [-0.39, 0.29) is 23.2 Å². The molecule has 1 aliphatic rings. The maximum absolute atomic E-state index is 13.0. The van der Waals surface area contributed by atoms with Crippen LogP contribution in [0.4, 0.5) is 4.39 Å². The van der Waals surface area contributed by atoms with Crippen molar-refractivity contribution in [3.05, 3.63) is 35.6 Å². The number of carbonyl (C=O) groups is 1. The Labute approximate surface area is 108 Å². The highest BCUT2D eigenvalue weighted by Crippen LogP contribution is 2.38. The second kappa shape index (κ2) is 5.09. The SMILES string of the molecule is CC(C)C(=O)NC1(c2ccc(F)cc2)CCCC1. The van der Waals surface area contributed by atoms with E-state index in [2.05, 4.69) is 5.32 Å². The fourth-order valence-electron chi connectivity index (χ4n) is 2.61. The van der Waals surface area contributed by atoms with Crippen molar-refractivity contribution in [2.24, 2.45) is 5.92 Å². The van der Waals surface area contributed by atoms with Crippen molar-refractivity contribution in [3.63, 3.8) is 0 Å². The van der Waals surface area contributed by atoms with Gasteiger partial charge in [-0.2, -0.15) is 0 Å². The average molecular weight is 249 g/mol. The largest absolute Gasteiger partial charge is 0.346 e. The lowest BCUT2D eigenvalue weighted by Gasteiger charge is -2.32. The first-order valence-electron chi connectivity index (χ1n) is 6.61. The average Bonchev–Trinajstić information content (AvgIpc) is 2.79. The van der Waals surface area contributed by atoms with E-state index in [0.29, 0.717) is 0 Å². The van der Waals surface area contributed by atoms with Gasteiger partial charge in [-0.15, -0.1) is 0 Å². The van der Waals surface area contributed by atoms with Crippen molar-refractivity contribution in [1.82, 2.24) is 5.32 Å². The molecule has 1 aromatic carbocycles. The quantitative estimate of drug-likeness (QED) is 0.874. The maximum atomic E-state index is 13.0. The predicted molar refractivity (Wildman–Crippen MR) is 69.5 cm³/mol. The van der Waals surface area contributed by atoms with Gasteiger partial charge in [0.2, 0.25) is 5.91 Å².